The van der Waals surface area contributed by atoms with E-state index in [4.69, 9.17) is 22.7 Å². The van der Waals surface area contributed by atoms with Crippen LogP contribution in [-0.2, 0) is 4.74 Å². The van der Waals surface area contributed by atoms with Gasteiger partial charge in [0.15, 0.2) is 5.82 Å². The number of nitrogens with zero attached hydrogens (tertiary/aromatic N) is 2. The average Bonchev–Trinajstić information content (AvgIpc) is 2.27. The number of rotatable bonds is 6. The van der Waals surface area contributed by atoms with Crippen molar-refractivity contribution in [1.82, 2.24) is 9.97 Å². The molecule has 0 saturated heterocycles. The minimum atomic E-state index is 0.227. The van der Waals surface area contributed by atoms with E-state index < -0.39 is 0 Å². The lowest BCUT2D eigenvalue weighted by Crippen LogP contribution is -2.22. The van der Waals surface area contributed by atoms with Crippen molar-refractivity contribution in [3.05, 3.63) is 18.1 Å². The van der Waals surface area contributed by atoms with Crippen LogP contribution in [0, 0.1) is 0 Å². The Labute approximate surface area is 100 Å². The molecule has 88 valence electrons. The van der Waals surface area contributed by atoms with E-state index in [0.29, 0.717) is 18.1 Å². The van der Waals surface area contributed by atoms with Crippen molar-refractivity contribution in [2.45, 2.75) is 19.4 Å². The number of hydrogen-bond donors (Lipinski definition) is 2. The molecule has 0 aromatic carbocycles. The number of aromatic nitrogens is 2. The molecule has 0 fully saturated rings. The normalized spacial score (nSPS) is 12.1. The molecule has 1 atom stereocenters. The summed E-state index contributed by atoms with van der Waals surface area (Å²) >= 11 is 4.90. The highest BCUT2D eigenvalue weighted by molar-refractivity contribution is 7.80. The lowest BCUT2D eigenvalue weighted by Gasteiger charge is -2.15. The van der Waals surface area contributed by atoms with Gasteiger partial charge in [0.1, 0.15) is 10.7 Å². The van der Waals surface area contributed by atoms with Crippen LogP contribution in [0.1, 0.15) is 19.0 Å². The van der Waals surface area contributed by atoms with Gasteiger partial charge in [0.25, 0.3) is 0 Å². The Morgan fingerprint density at radius 1 is 1.56 bits per heavy atom. The Kier molecular flexibility index (Phi) is 5.07. The molecule has 1 aromatic rings. The second kappa shape index (κ2) is 6.34. The van der Waals surface area contributed by atoms with Crippen LogP contribution < -0.4 is 11.1 Å². The van der Waals surface area contributed by atoms with Gasteiger partial charge in [0.2, 0.25) is 0 Å². The van der Waals surface area contributed by atoms with Gasteiger partial charge in [-0.1, -0.05) is 12.2 Å². The topological polar surface area (TPSA) is 73.1 Å². The number of nitrogens with one attached hydrogen (secondary N) is 1. The number of hydrogen-bond acceptors (Lipinski definition) is 5. The van der Waals surface area contributed by atoms with Crippen LogP contribution in [0.2, 0.25) is 0 Å². The minimum absolute atomic E-state index is 0.227. The van der Waals surface area contributed by atoms with E-state index >= 15 is 0 Å². The van der Waals surface area contributed by atoms with Crippen molar-refractivity contribution in [2.75, 3.05) is 19.0 Å². The summed E-state index contributed by atoms with van der Waals surface area (Å²) in [5.74, 6) is 0.624. The molecule has 6 heteroatoms. The van der Waals surface area contributed by atoms with E-state index in [1.807, 2.05) is 6.92 Å². The van der Waals surface area contributed by atoms with Gasteiger partial charge in [-0.15, -0.1) is 0 Å². The third-order valence-corrected chi connectivity index (χ3v) is 2.26. The molecule has 0 radical (unpaired) electrons. The fourth-order valence-corrected chi connectivity index (χ4v) is 1.37. The van der Waals surface area contributed by atoms with Crippen LogP contribution in [0.3, 0.4) is 0 Å². The monoisotopic (exact) mass is 240 g/mol. The summed E-state index contributed by atoms with van der Waals surface area (Å²) in [5, 5.41) is 3.21. The summed E-state index contributed by atoms with van der Waals surface area (Å²) in [4.78, 5) is 8.50. The third kappa shape index (κ3) is 3.71. The molecule has 0 saturated carbocycles. The lowest BCUT2D eigenvalue weighted by atomic mass is 10.2. The van der Waals surface area contributed by atoms with Crippen LogP contribution in [0.5, 0.6) is 0 Å². The fraction of sp³-hybridized carbons (Fsp3) is 0.500. The molecule has 0 aliphatic rings. The van der Waals surface area contributed by atoms with Crippen molar-refractivity contribution < 1.29 is 4.74 Å². The van der Waals surface area contributed by atoms with Crippen LogP contribution in [0.15, 0.2) is 12.4 Å². The highest BCUT2D eigenvalue weighted by atomic mass is 32.1. The van der Waals surface area contributed by atoms with E-state index in [-0.39, 0.29) is 11.0 Å². The highest BCUT2D eigenvalue weighted by Gasteiger charge is 2.10. The average molecular weight is 240 g/mol. The standard InChI is InChI=1S/C10H16N4OS/c1-7(3-6-15-2)14-10-8(9(11)16)12-4-5-13-10/h4-5,7H,3,6H2,1-2H3,(H2,11,16)(H,13,14). The number of nitrogens with two attached hydrogens (primary N) is 1. The summed E-state index contributed by atoms with van der Waals surface area (Å²) in [6.45, 7) is 2.73. The molecule has 0 aliphatic heterocycles. The van der Waals surface area contributed by atoms with Gasteiger partial charge in [-0.25, -0.2) is 9.97 Å². The zero-order valence-corrected chi connectivity index (χ0v) is 10.3. The number of methoxy groups -OCH3 is 1. The Morgan fingerprint density at radius 3 is 2.88 bits per heavy atom. The molecule has 1 heterocycles. The largest absolute Gasteiger partial charge is 0.388 e. The lowest BCUT2D eigenvalue weighted by molar-refractivity contribution is 0.191. The quantitative estimate of drug-likeness (QED) is 0.721. The second-order valence-corrected chi connectivity index (χ2v) is 3.88. The smallest absolute Gasteiger partial charge is 0.155 e. The summed E-state index contributed by atoms with van der Waals surface area (Å²) in [7, 11) is 1.68. The van der Waals surface area contributed by atoms with Crippen molar-refractivity contribution in [1.29, 1.82) is 0 Å². The molecule has 1 rings (SSSR count). The Balaban J connectivity index is 2.69. The molecule has 0 bridgehead atoms. The molecular weight excluding hydrogens is 224 g/mol. The molecule has 5 nitrogen and oxygen atoms in total. The number of ether oxygens (including phenoxy) is 1. The summed E-state index contributed by atoms with van der Waals surface area (Å²) in [6.07, 6.45) is 4.05. The van der Waals surface area contributed by atoms with Gasteiger partial charge in [0, 0.05) is 32.2 Å². The molecule has 1 aromatic heterocycles. The predicted molar refractivity (Wildman–Crippen MR) is 67.5 cm³/mol. The second-order valence-electron chi connectivity index (χ2n) is 3.44. The first-order chi connectivity index (χ1) is 7.65. The van der Waals surface area contributed by atoms with Crippen molar-refractivity contribution in [3.63, 3.8) is 0 Å². The molecule has 0 aliphatic carbocycles. The van der Waals surface area contributed by atoms with Crippen LogP contribution in [0.4, 0.5) is 5.82 Å². The maximum atomic E-state index is 5.55. The molecular formula is C10H16N4OS. The molecule has 16 heavy (non-hydrogen) atoms. The fourth-order valence-electron chi connectivity index (χ4n) is 1.22. The first kappa shape index (κ1) is 12.8. The van der Waals surface area contributed by atoms with Gasteiger partial charge < -0.3 is 15.8 Å². The number of thiocarbonyl (C=S) groups is 1. The third-order valence-electron chi connectivity index (χ3n) is 2.07. The van der Waals surface area contributed by atoms with Crippen LogP contribution in [-0.4, -0.2) is 34.7 Å². The molecule has 0 spiro atoms. The zero-order valence-electron chi connectivity index (χ0n) is 9.43. The van der Waals surface area contributed by atoms with Crippen molar-refractivity contribution >= 4 is 23.0 Å². The first-order valence-corrected chi connectivity index (χ1v) is 5.42. The number of anilines is 1. The Morgan fingerprint density at radius 2 is 2.25 bits per heavy atom. The summed E-state index contributed by atoms with van der Waals surface area (Å²) in [6, 6.07) is 0.227. The summed E-state index contributed by atoms with van der Waals surface area (Å²) in [5.41, 5.74) is 6.08. The van der Waals surface area contributed by atoms with Gasteiger partial charge in [0.05, 0.1) is 0 Å². The Hall–Kier alpha value is -1.27. The van der Waals surface area contributed by atoms with E-state index in [9.17, 15) is 0 Å². The van der Waals surface area contributed by atoms with Crippen LogP contribution >= 0.6 is 12.2 Å². The van der Waals surface area contributed by atoms with E-state index in [2.05, 4.69) is 15.3 Å². The van der Waals surface area contributed by atoms with Gasteiger partial charge >= 0.3 is 0 Å². The molecule has 3 N–H and O–H groups in total. The Bertz CT molecular complexity index is 358. The van der Waals surface area contributed by atoms with Crippen molar-refractivity contribution in [2.24, 2.45) is 5.73 Å². The van der Waals surface area contributed by atoms with Gasteiger partial charge in [-0.2, -0.15) is 0 Å². The zero-order chi connectivity index (χ0) is 12.0. The molecule has 0 amide bonds. The van der Waals surface area contributed by atoms with E-state index in [1.165, 1.54) is 0 Å². The van der Waals surface area contributed by atoms with Crippen LogP contribution in [0.25, 0.3) is 0 Å². The maximum Gasteiger partial charge on any atom is 0.155 e. The highest BCUT2D eigenvalue weighted by Crippen LogP contribution is 2.10. The van der Waals surface area contributed by atoms with E-state index in [1.54, 1.807) is 19.5 Å². The maximum absolute atomic E-state index is 5.55. The molecule has 1 unspecified atom stereocenters. The van der Waals surface area contributed by atoms with Gasteiger partial charge in [-0.05, 0) is 13.3 Å². The minimum Gasteiger partial charge on any atom is -0.388 e. The summed E-state index contributed by atoms with van der Waals surface area (Å²) < 4.78 is 5.00. The predicted octanol–water partition coefficient (Wildman–Crippen LogP) is 0.948. The van der Waals surface area contributed by atoms with E-state index in [0.717, 1.165) is 6.42 Å². The van der Waals surface area contributed by atoms with Gasteiger partial charge in [-0.3, -0.25) is 0 Å². The van der Waals surface area contributed by atoms with Crippen molar-refractivity contribution in [3.8, 4) is 0 Å². The SMILES string of the molecule is COCCC(C)Nc1nccnc1C(N)=S. The first-order valence-electron chi connectivity index (χ1n) is 5.01.